The molecule has 0 saturated carbocycles. The summed E-state index contributed by atoms with van der Waals surface area (Å²) in [5.74, 6) is 0.0819. The SMILES string of the molecule is O=C(CN(Cc1ccccc1)S(=O)(=O)c1ccc(Cl)cc1)N/N=C\c1cccc(OCc2ccccc2)c1. The van der Waals surface area contributed by atoms with Crippen LogP contribution in [0, 0.1) is 0 Å². The van der Waals surface area contributed by atoms with Gasteiger partial charge in [-0.05, 0) is 53.1 Å². The monoisotopic (exact) mass is 547 g/mol. The Balaban J connectivity index is 1.41. The molecule has 4 aromatic carbocycles. The molecule has 0 heterocycles. The molecule has 0 atom stereocenters. The van der Waals surface area contributed by atoms with E-state index < -0.39 is 22.5 Å². The Morgan fingerprint density at radius 3 is 2.21 bits per heavy atom. The van der Waals surface area contributed by atoms with Gasteiger partial charge < -0.3 is 4.74 Å². The minimum atomic E-state index is -3.98. The van der Waals surface area contributed by atoms with Crippen molar-refractivity contribution in [3.8, 4) is 5.75 Å². The van der Waals surface area contributed by atoms with E-state index in [4.69, 9.17) is 16.3 Å². The maximum atomic E-state index is 13.3. The van der Waals surface area contributed by atoms with Crippen LogP contribution in [0.15, 0.2) is 119 Å². The Hall–Kier alpha value is -3.98. The molecule has 0 unspecified atom stereocenters. The Bertz CT molecular complexity index is 1480. The fourth-order valence-electron chi connectivity index (χ4n) is 3.57. The molecule has 1 amide bonds. The van der Waals surface area contributed by atoms with Crippen molar-refractivity contribution in [2.45, 2.75) is 18.0 Å². The van der Waals surface area contributed by atoms with Gasteiger partial charge in [0.1, 0.15) is 12.4 Å². The smallest absolute Gasteiger partial charge is 0.255 e. The van der Waals surface area contributed by atoms with Crippen molar-refractivity contribution in [3.05, 3.63) is 131 Å². The third kappa shape index (κ3) is 7.76. The Morgan fingerprint density at radius 2 is 1.53 bits per heavy atom. The average Bonchev–Trinajstić information content (AvgIpc) is 2.93. The van der Waals surface area contributed by atoms with Gasteiger partial charge >= 0.3 is 0 Å². The lowest BCUT2D eigenvalue weighted by Gasteiger charge is -2.21. The summed E-state index contributed by atoms with van der Waals surface area (Å²) >= 11 is 5.92. The van der Waals surface area contributed by atoms with Crippen LogP contribution in [0.5, 0.6) is 5.75 Å². The molecule has 0 spiro atoms. The first-order valence-electron chi connectivity index (χ1n) is 11.8. The van der Waals surface area contributed by atoms with Crippen LogP contribution in [0.1, 0.15) is 16.7 Å². The number of sulfonamides is 1. The van der Waals surface area contributed by atoms with Gasteiger partial charge in [0.15, 0.2) is 0 Å². The maximum Gasteiger partial charge on any atom is 0.255 e. The van der Waals surface area contributed by atoms with Crippen LogP contribution < -0.4 is 10.2 Å². The molecule has 1 N–H and O–H groups in total. The molecule has 0 aliphatic carbocycles. The zero-order valence-electron chi connectivity index (χ0n) is 20.4. The molecule has 0 aliphatic heterocycles. The molecule has 0 saturated heterocycles. The number of nitrogens with zero attached hydrogens (tertiary/aromatic N) is 2. The lowest BCUT2D eigenvalue weighted by Crippen LogP contribution is -2.39. The Kier molecular flexibility index (Phi) is 9.26. The predicted octanol–water partition coefficient (Wildman–Crippen LogP) is 5.26. The number of amides is 1. The maximum absolute atomic E-state index is 13.3. The highest BCUT2D eigenvalue weighted by Crippen LogP contribution is 2.20. The van der Waals surface area contributed by atoms with Crippen LogP contribution in [0.25, 0.3) is 0 Å². The minimum absolute atomic E-state index is 0.0176. The number of ether oxygens (including phenoxy) is 1. The van der Waals surface area contributed by atoms with E-state index in [0.717, 1.165) is 15.4 Å². The second kappa shape index (κ2) is 13.0. The molecule has 194 valence electrons. The summed E-state index contributed by atoms with van der Waals surface area (Å²) in [5.41, 5.74) is 4.93. The van der Waals surface area contributed by atoms with E-state index in [1.807, 2.05) is 66.7 Å². The van der Waals surface area contributed by atoms with E-state index in [1.54, 1.807) is 18.2 Å². The standard InChI is InChI=1S/C29H26ClN3O4S/c30-26-14-16-28(17-15-26)38(35,36)33(20-23-8-3-1-4-9-23)21-29(34)32-31-19-25-12-7-13-27(18-25)37-22-24-10-5-2-6-11-24/h1-19H,20-22H2,(H,32,34)/b31-19-. The van der Waals surface area contributed by atoms with Gasteiger partial charge in [0.05, 0.1) is 17.7 Å². The number of benzene rings is 4. The van der Waals surface area contributed by atoms with Crippen LogP contribution in [0.2, 0.25) is 5.02 Å². The second-order valence-electron chi connectivity index (χ2n) is 8.35. The molecular weight excluding hydrogens is 522 g/mol. The summed E-state index contributed by atoms with van der Waals surface area (Å²) in [6, 6.07) is 32.0. The lowest BCUT2D eigenvalue weighted by atomic mass is 10.2. The quantitative estimate of drug-likeness (QED) is 0.205. The largest absolute Gasteiger partial charge is 0.489 e. The average molecular weight is 548 g/mol. The predicted molar refractivity (Wildman–Crippen MR) is 148 cm³/mol. The van der Waals surface area contributed by atoms with Crippen molar-refractivity contribution in [1.82, 2.24) is 9.73 Å². The third-order valence-electron chi connectivity index (χ3n) is 5.48. The minimum Gasteiger partial charge on any atom is -0.489 e. The number of carbonyl (C=O) groups excluding carboxylic acids is 1. The van der Waals surface area contributed by atoms with E-state index in [9.17, 15) is 13.2 Å². The molecule has 38 heavy (non-hydrogen) atoms. The van der Waals surface area contributed by atoms with Crippen LogP contribution in [-0.2, 0) is 28.0 Å². The van der Waals surface area contributed by atoms with Crippen LogP contribution >= 0.6 is 11.6 Å². The topological polar surface area (TPSA) is 88.1 Å². The van der Waals surface area contributed by atoms with Gasteiger partial charge in [-0.3, -0.25) is 4.79 Å². The third-order valence-corrected chi connectivity index (χ3v) is 7.54. The highest BCUT2D eigenvalue weighted by molar-refractivity contribution is 7.89. The summed E-state index contributed by atoms with van der Waals surface area (Å²) in [6.07, 6.45) is 1.47. The zero-order chi connectivity index (χ0) is 26.8. The van der Waals surface area contributed by atoms with Crippen molar-refractivity contribution >= 4 is 33.7 Å². The van der Waals surface area contributed by atoms with Crippen molar-refractivity contribution in [3.63, 3.8) is 0 Å². The summed E-state index contributed by atoms with van der Waals surface area (Å²) in [6.45, 7) is 0.0265. The first-order valence-corrected chi connectivity index (χ1v) is 13.6. The summed E-state index contributed by atoms with van der Waals surface area (Å²) < 4.78 is 33.6. The molecule has 4 aromatic rings. The lowest BCUT2D eigenvalue weighted by molar-refractivity contribution is -0.121. The van der Waals surface area contributed by atoms with Gasteiger partial charge in [0.25, 0.3) is 5.91 Å². The van der Waals surface area contributed by atoms with Gasteiger partial charge in [-0.25, -0.2) is 13.8 Å². The van der Waals surface area contributed by atoms with Crippen molar-refractivity contribution in [1.29, 1.82) is 0 Å². The van der Waals surface area contributed by atoms with Crippen LogP contribution in [0.4, 0.5) is 0 Å². The molecule has 0 aromatic heterocycles. The number of halogens is 1. The molecule has 7 nitrogen and oxygen atoms in total. The van der Waals surface area contributed by atoms with Crippen molar-refractivity contribution < 1.29 is 17.9 Å². The molecule has 0 radical (unpaired) electrons. The fraction of sp³-hybridized carbons (Fsp3) is 0.103. The fourth-order valence-corrected chi connectivity index (χ4v) is 5.08. The van der Waals surface area contributed by atoms with Gasteiger partial charge in [-0.2, -0.15) is 9.41 Å². The van der Waals surface area contributed by atoms with E-state index >= 15 is 0 Å². The molecule has 4 rings (SSSR count). The Morgan fingerprint density at radius 1 is 0.868 bits per heavy atom. The molecular formula is C29H26ClN3O4S. The number of hydrogen-bond acceptors (Lipinski definition) is 5. The highest BCUT2D eigenvalue weighted by atomic mass is 35.5. The summed E-state index contributed by atoms with van der Waals surface area (Å²) in [5, 5.41) is 4.43. The van der Waals surface area contributed by atoms with Crippen molar-refractivity contribution in [2.24, 2.45) is 5.10 Å². The second-order valence-corrected chi connectivity index (χ2v) is 10.7. The van der Waals surface area contributed by atoms with E-state index in [-0.39, 0.29) is 11.4 Å². The number of rotatable bonds is 11. The number of nitrogens with one attached hydrogen (secondary N) is 1. The number of hydrogen-bond donors (Lipinski definition) is 1. The molecule has 9 heteroatoms. The van der Waals surface area contributed by atoms with E-state index in [2.05, 4.69) is 10.5 Å². The van der Waals surface area contributed by atoms with Crippen LogP contribution in [-0.4, -0.2) is 31.4 Å². The number of hydrazone groups is 1. The first kappa shape index (κ1) is 27.1. The summed E-state index contributed by atoms with van der Waals surface area (Å²) in [7, 11) is -3.98. The van der Waals surface area contributed by atoms with Gasteiger partial charge in [-0.1, -0.05) is 84.4 Å². The van der Waals surface area contributed by atoms with Gasteiger partial charge in [0.2, 0.25) is 10.0 Å². The highest BCUT2D eigenvalue weighted by Gasteiger charge is 2.27. The van der Waals surface area contributed by atoms with Crippen LogP contribution in [0.3, 0.4) is 0 Å². The number of carbonyl (C=O) groups is 1. The summed E-state index contributed by atoms with van der Waals surface area (Å²) in [4.78, 5) is 12.8. The molecule has 0 aliphatic rings. The first-order chi connectivity index (χ1) is 18.4. The van der Waals surface area contributed by atoms with E-state index in [0.29, 0.717) is 22.9 Å². The zero-order valence-corrected chi connectivity index (χ0v) is 22.0. The van der Waals surface area contributed by atoms with Gasteiger partial charge in [-0.15, -0.1) is 0 Å². The van der Waals surface area contributed by atoms with Crippen molar-refractivity contribution in [2.75, 3.05) is 6.54 Å². The molecule has 0 bridgehead atoms. The van der Waals surface area contributed by atoms with E-state index in [1.165, 1.54) is 30.5 Å². The normalized spacial score (nSPS) is 11.5. The molecule has 0 fully saturated rings. The van der Waals surface area contributed by atoms with Gasteiger partial charge in [0, 0.05) is 11.6 Å². The Labute approximate surface area is 227 Å².